The third-order valence-corrected chi connectivity index (χ3v) is 11.1. The molecule has 0 saturated carbocycles. The van der Waals surface area contributed by atoms with Crippen LogP contribution in [0.5, 0.6) is 23.0 Å². The van der Waals surface area contributed by atoms with Crippen LogP contribution in [0.15, 0.2) is 94.7 Å². The van der Waals surface area contributed by atoms with E-state index in [1.807, 2.05) is 98.8 Å². The maximum absolute atomic E-state index is 13.0. The molecule has 0 spiro atoms. The van der Waals surface area contributed by atoms with Gasteiger partial charge < -0.3 is 20.4 Å². The van der Waals surface area contributed by atoms with Crippen molar-refractivity contribution < 1.29 is 59.5 Å². The van der Waals surface area contributed by atoms with Crippen LogP contribution >= 0.6 is 23.5 Å². The predicted molar refractivity (Wildman–Crippen MR) is 184 cm³/mol. The van der Waals surface area contributed by atoms with Crippen molar-refractivity contribution in [3.8, 4) is 23.0 Å². The van der Waals surface area contributed by atoms with Gasteiger partial charge in [0, 0.05) is 40.8 Å². The summed E-state index contributed by atoms with van der Waals surface area (Å²) in [5, 5.41) is 0. The van der Waals surface area contributed by atoms with Crippen molar-refractivity contribution in [3.05, 3.63) is 107 Å². The van der Waals surface area contributed by atoms with Crippen molar-refractivity contribution in [3.63, 3.8) is 0 Å². The minimum absolute atomic E-state index is 0. The largest absolute Gasteiger partial charge is 1.00 e. The molecule has 0 aromatic heterocycles. The van der Waals surface area contributed by atoms with Gasteiger partial charge >= 0.3 is 29.6 Å². The fourth-order valence-electron chi connectivity index (χ4n) is 5.39. The summed E-state index contributed by atoms with van der Waals surface area (Å²) in [6.45, 7) is 4.02. The Morgan fingerprint density at radius 2 is 0.848 bits per heavy atom. The van der Waals surface area contributed by atoms with E-state index < -0.39 is 10.8 Å². The van der Waals surface area contributed by atoms with E-state index in [9.17, 15) is 9.59 Å². The van der Waals surface area contributed by atoms with Crippen LogP contribution in [0.3, 0.4) is 0 Å². The van der Waals surface area contributed by atoms with Gasteiger partial charge in [0.25, 0.3) is 0 Å². The van der Waals surface area contributed by atoms with Gasteiger partial charge in [0.2, 0.25) is 0 Å². The summed E-state index contributed by atoms with van der Waals surface area (Å²) >= 11 is 3.40. The molecule has 3 radical (unpaired) electrons. The topological polar surface area (TPSA) is 71.1 Å². The number of Topliss-reactive ketones (excluding diaryl/α,β-unsaturated/α-hetero) is 2. The third kappa shape index (κ3) is 7.34. The maximum atomic E-state index is 13.0. The fourth-order valence-corrected chi connectivity index (χ4v) is 7.90. The molecule has 0 amide bonds. The predicted octanol–water partition coefficient (Wildman–Crippen LogP) is 4.64. The molecule has 0 bridgehead atoms. The summed E-state index contributed by atoms with van der Waals surface area (Å²) in [5.74, 6) is 4.93. The van der Waals surface area contributed by atoms with E-state index in [0.29, 0.717) is 0 Å². The molecule has 0 aliphatic carbocycles. The smallest absolute Gasteiger partial charge is 1.00 e. The molecule has 6 rings (SSSR count). The number of hydrogen-bond donors (Lipinski definition) is 0. The van der Waals surface area contributed by atoms with Crippen LogP contribution in [-0.4, -0.2) is 59.9 Å². The van der Waals surface area contributed by atoms with Crippen molar-refractivity contribution in [1.82, 2.24) is 0 Å². The second-order valence-electron chi connectivity index (χ2n) is 11.1. The summed E-state index contributed by atoms with van der Waals surface area (Å²) in [7, 11) is 6.56. The summed E-state index contributed by atoms with van der Waals surface area (Å²) in [6, 6.07) is 26.8. The Morgan fingerprint density at radius 1 is 0.543 bits per heavy atom. The second-order valence-corrected chi connectivity index (χ2v) is 13.1. The number of thioether (sulfide) groups is 2. The molecule has 10 heteroatoms. The number of carbonyl (C=O) groups excluding carboxylic acids is 2. The molecule has 6 nitrogen and oxygen atoms in total. The Kier molecular flexibility index (Phi) is 13.0. The molecule has 2 atom stereocenters. The number of benzene rings is 4. The molecule has 0 N–H and O–H groups in total. The first-order valence-electron chi connectivity index (χ1n) is 14.2. The molecular formula is C36H37BNaO6S2. The first-order chi connectivity index (χ1) is 21.2. The summed E-state index contributed by atoms with van der Waals surface area (Å²) in [4.78, 5) is 28.0. The van der Waals surface area contributed by atoms with Crippen molar-refractivity contribution >= 4 is 43.5 Å². The number of ether oxygens (including phenoxy) is 4. The second kappa shape index (κ2) is 15.9. The van der Waals surface area contributed by atoms with Gasteiger partial charge in [-0.1, -0.05) is 24.3 Å². The van der Waals surface area contributed by atoms with Crippen molar-refractivity contribution in [2.75, 3.05) is 39.9 Å². The molecule has 2 unspecified atom stereocenters. The van der Waals surface area contributed by atoms with Crippen LogP contribution in [0.25, 0.3) is 0 Å². The minimum atomic E-state index is -0.515. The van der Waals surface area contributed by atoms with Gasteiger partial charge in [-0.25, -0.2) is 0 Å². The van der Waals surface area contributed by atoms with E-state index in [-0.39, 0.29) is 51.0 Å². The van der Waals surface area contributed by atoms with E-state index in [2.05, 4.69) is 0 Å². The zero-order chi connectivity index (χ0) is 31.5. The number of hydrogen-bond acceptors (Lipinski definition) is 8. The van der Waals surface area contributed by atoms with E-state index in [1.54, 1.807) is 52.0 Å². The minimum Gasteiger partial charge on any atom is -1.00 e. The molecule has 2 aliphatic heterocycles. The molecular weight excluding hydrogens is 626 g/mol. The van der Waals surface area contributed by atoms with Crippen molar-refractivity contribution in [2.45, 2.75) is 34.5 Å². The molecule has 0 fully saturated rings. The monoisotopic (exact) mass is 663 g/mol. The normalized spacial score (nSPS) is 19.5. The molecule has 233 valence electrons. The van der Waals surface area contributed by atoms with Crippen LogP contribution in [0.4, 0.5) is 0 Å². The average molecular weight is 664 g/mol. The van der Waals surface area contributed by atoms with Gasteiger partial charge in [-0.15, -0.1) is 23.5 Å². The van der Waals surface area contributed by atoms with Crippen molar-refractivity contribution in [1.29, 1.82) is 0 Å². The molecule has 4 aromatic rings. The van der Waals surface area contributed by atoms with Crippen LogP contribution in [-0.2, 0) is 10.8 Å². The van der Waals surface area contributed by atoms with Crippen molar-refractivity contribution in [2.24, 2.45) is 0 Å². The van der Waals surface area contributed by atoms with Gasteiger partial charge in [-0.2, -0.15) is 0 Å². The number of methoxy groups -OCH3 is 4. The number of ketones is 2. The van der Waals surface area contributed by atoms with Crippen LogP contribution in [0, 0.1) is 0 Å². The quantitative estimate of drug-likeness (QED) is 0.277. The first kappa shape index (κ1) is 37.6. The Balaban J connectivity index is 0.000000307. The van der Waals surface area contributed by atoms with Gasteiger partial charge in [0.05, 0.1) is 39.3 Å². The Bertz CT molecular complexity index is 1560. The maximum Gasteiger partial charge on any atom is 1.00 e. The van der Waals surface area contributed by atoms with Crippen LogP contribution < -0.4 is 48.5 Å². The summed E-state index contributed by atoms with van der Waals surface area (Å²) in [5.41, 5.74) is 2.56. The fraction of sp³-hybridized carbons (Fsp3) is 0.278. The van der Waals surface area contributed by atoms with E-state index in [1.165, 1.54) is 0 Å². The SMILES string of the molecule is COc1ccc(C2(C)CSc3cc(OC)ccc3C2=O)cc1.COc1ccc(C2(C)CSc3cc(OC)ccc3C2=O)cc1.[B].[H-].[Na+]. The Hall–Kier alpha value is -2.82. The van der Waals surface area contributed by atoms with Gasteiger partial charge in [-0.3, -0.25) is 9.59 Å². The molecule has 4 aromatic carbocycles. The molecule has 0 saturated heterocycles. The molecule has 2 heterocycles. The number of fused-ring (bicyclic) bond motifs is 2. The van der Waals surface area contributed by atoms with Gasteiger partial charge in [0.1, 0.15) is 23.0 Å². The van der Waals surface area contributed by atoms with Gasteiger partial charge in [-0.05, 0) is 85.6 Å². The first-order valence-corrected chi connectivity index (χ1v) is 16.1. The zero-order valence-corrected chi connectivity index (χ0v) is 31.0. The number of carbonyl (C=O) groups is 2. The van der Waals surface area contributed by atoms with E-state index in [4.69, 9.17) is 18.9 Å². The Labute approximate surface area is 305 Å². The Morgan fingerprint density at radius 3 is 1.15 bits per heavy atom. The standard InChI is InChI=1S/2C18H18O3S.B.Na.H/c2*1-18(12-4-6-13(20-2)7-5-12)11-22-16-10-14(21-3)8-9-15(16)17(18)19;;;/h2*4-10H,11H2,1-3H3;;;/q;;;+1;-1. The molecule has 46 heavy (non-hydrogen) atoms. The third-order valence-electron chi connectivity index (χ3n) is 8.36. The van der Waals surface area contributed by atoms with Gasteiger partial charge in [0.15, 0.2) is 11.6 Å². The van der Waals surface area contributed by atoms with Crippen LogP contribution in [0.1, 0.15) is 47.1 Å². The summed E-state index contributed by atoms with van der Waals surface area (Å²) in [6.07, 6.45) is 0. The van der Waals surface area contributed by atoms with Crippen LogP contribution in [0.2, 0.25) is 0 Å². The summed E-state index contributed by atoms with van der Waals surface area (Å²) < 4.78 is 20.9. The van der Waals surface area contributed by atoms with E-state index >= 15 is 0 Å². The van der Waals surface area contributed by atoms with E-state index in [0.717, 1.165) is 66.5 Å². The number of rotatable bonds is 6. The molecule has 2 aliphatic rings. The zero-order valence-electron chi connectivity index (χ0n) is 28.3. The average Bonchev–Trinajstić information content (AvgIpc) is 3.08.